The van der Waals surface area contributed by atoms with Crippen molar-refractivity contribution in [3.63, 3.8) is 0 Å². The van der Waals surface area contributed by atoms with Gasteiger partial charge in [0.05, 0.1) is 9.91 Å². The molecule has 1 aliphatic rings. The maximum Gasteiger partial charge on any atom is 0.263 e. The zero-order valence-corrected chi connectivity index (χ0v) is 13.5. The van der Waals surface area contributed by atoms with E-state index in [1.165, 1.54) is 26.2 Å². The lowest BCUT2D eigenvalue weighted by Crippen LogP contribution is -2.17. The van der Waals surface area contributed by atoms with Gasteiger partial charge < -0.3 is 10.2 Å². The summed E-state index contributed by atoms with van der Waals surface area (Å²) in [5, 5.41) is 3.87. The summed E-state index contributed by atoms with van der Waals surface area (Å²) in [7, 11) is 4.08. The molecule has 1 aliphatic heterocycles. The third-order valence-electron chi connectivity index (χ3n) is 2.57. The van der Waals surface area contributed by atoms with Gasteiger partial charge in [-0.2, -0.15) is 0 Å². The molecule has 98 valence electrons. The van der Waals surface area contributed by atoms with E-state index >= 15 is 0 Å². The lowest BCUT2D eigenvalue weighted by molar-refractivity contribution is -0.115. The molecule has 1 fully saturated rings. The van der Waals surface area contributed by atoms with Gasteiger partial charge in [-0.3, -0.25) is 4.79 Å². The summed E-state index contributed by atoms with van der Waals surface area (Å²) in [5.41, 5.74) is 0. The second-order valence-electron chi connectivity index (χ2n) is 4.21. The highest BCUT2D eigenvalue weighted by atomic mass is 32.2. The van der Waals surface area contributed by atoms with Crippen molar-refractivity contribution in [2.75, 3.05) is 19.0 Å². The van der Waals surface area contributed by atoms with Crippen molar-refractivity contribution in [2.45, 2.75) is 0 Å². The number of fused-ring (bicyclic) bond motifs is 1. The van der Waals surface area contributed by atoms with Crippen LogP contribution in [0, 0.1) is 0 Å². The summed E-state index contributed by atoms with van der Waals surface area (Å²) in [6.45, 7) is 0. The Hall–Kier alpha value is -0.890. The molecule has 0 saturated carbocycles. The molecule has 0 spiro atoms. The first-order valence-electron chi connectivity index (χ1n) is 5.48. The van der Waals surface area contributed by atoms with Crippen LogP contribution in [0.4, 0.5) is 5.00 Å². The Labute approximate surface area is 128 Å². The first kappa shape index (κ1) is 13.1. The van der Waals surface area contributed by atoms with E-state index in [0.717, 1.165) is 4.88 Å². The Bertz CT molecular complexity index is 679. The van der Waals surface area contributed by atoms with E-state index in [0.29, 0.717) is 9.23 Å². The predicted molar refractivity (Wildman–Crippen MR) is 90.3 cm³/mol. The quantitative estimate of drug-likeness (QED) is 0.676. The summed E-state index contributed by atoms with van der Waals surface area (Å²) in [6, 6.07) is 4.30. The number of rotatable bonds is 2. The van der Waals surface area contributed by atoms with Crippen LogP contribution in [0.15, 0.2) is 17.0 Å². The highest BCUT2D eigenvalue weighted by molar-refractivity contribution is 8.26. The number of carbonyl (C=O) groups is 1. The summed E-state index contributed by atoms with van der Waals surface area (Å²) in [5.74, 6) is -0.0965. The number of hydrogen-bond donors (Lipinski definition) is 1. The molecule has 0 unspecified atom stereocenters. The number of anilines is 1. The number of amides is 1. The third kappa shape index (κ3) is 2.55. The summed E-state index contributed by atoms with van der Waals surface area (Å²) in [4.78, 5) is 15.5. The number of thioether (sulfide) groups is 1. The first-order chi connectivity index (χ1) is 9.02. The zero-order chi connectivity index (χ0) is 13.6. The standard InChI is InChI=1S/C12H10N2OS4/c1-14(2)10-5-8-7(18-10)3-6(17-8)4-9-11(15)13-12(16)19-9/h3-5H,1-2H3,(H,13,15,16)/b9-4-. The zero-order valence-electron chi connectivity index (χ0n) is 10.2. The van der Waals surface area contributed by atoms with Gasteiger partial charge in [-0.25, -0.2) is 0 Å². The molecule has 19 heavy (non-hydrogen) atoms. The summed E-state index contributed by atoms with van der Waals surface area (Å²) < 4.78 is 3.04. The molecule has 3 rings (SSSR count). The molecular formula is C12H10N2OS4. The van der Waals surface area contributed by atoms with Crippen molar-refractivity contribution in [1.29, 1.82) is 0 Å². The number of thiocarbonyl (C=S) groups is 1. The number of nitrogens with zero attached hydrogens (tertiary/aromatic N) is 1. The number of hydrogen-bond acceptors (Lipinski definition) is 6. The Balaban J connectivity index is 1.94. The fraction of sp³-hybridized carbons (Fsp3) is 0.167. The van der Waals surface area contributed by atoms with Crippen LogP contribution in [0.3, 0.4) is 0 Å². The maximum absolute atomic E-state index is 11.6. The minimum absolute atomic E-state index is 0.0965. The van der Waals surface area contributed by atoms with Crippen molar-refractivity contribution in [2.24, 2.45) is 0 Å². The second-order valence-corrected chi connectivity index (χ2v) is 8.11. The van der Waals surface area contributed by atoms with Crippen molar-refractivity contribution in [3.8, 4) is 0 Å². The van der Waals surface area contributed by atoms with Crippen LogP contribution in [0.2, 0.25) is 0 Å². The Morgan fingerprint density at radius 1 is 1.26 bits per heavy atom. The average Bonchev–Trinajstić information content (AvgIpc) is 2.92. The van der Waals surface area contributed by atoms with Gasteiger partial charge >= 0.3 is 0 Å². The SMILES string of the molecule is CN(C)c1cc2sc(/C=C3\SC(=S)NC3=O)cc2s1. The third-order valence-corrected chi connectivity index (χ3v) is 6.14. The van der Waals surface area contributed by atoms with Gasteiger partial charge in [0.15, 0.2) is 0 Å². The van der Waals surface area contributed by atoms with Gasteiger partial charge in [0.25, 0.3) is 5.91 Å². The van der Waals surface area contributed by atoms with Crippen molar-refractivity contribution in [1.82, 2.24) is 5.32 Å². The van der Waals surface area contributed by atoms with E-state index in [1.807, 2.05) is 20.2 Å². The predicted octanol–water partition coefficient (Wildman–Crippen LogP) is 3.52. The Morgan fingerprint density at radius 3 is 2.58 bits per heavy atom. The van der Waals surface area contributed by atoms with Gasteiger partial charge in [-0.1, -0.05) is 24.0 Å². The molecule has 0 atom stereocenters. The smallest absolute Gasteiger partial charge is 0.263 e. The van der Waals surface area contributed by atoms with Crippen LogP contribution >= 0.6 is 46.7 Å². The fourth-order valence-electron chi connectivity index (χ4n) is 1.68. The lowest BCUT2D eigenvalue weighted by Gasteiger charge is -2.06. The van der Waals surface area contributed by atoms with Crippen molar-refractivity contribution < 1.29 is 4.79 Å². The highest BCUT2D eigenvalue weighted by Crippen LogP contribution is 2.38. The number of carbonyl (C=O) groups excluding carboxylic acids is 1. The largest absolute Gasteiger partial charge is 0.370 e. The molecule has 3 heterocycles. The van der Waals surface area contributed by atoms with Crippen LogP contribution in [0.1, 0.15) is 4.88 Å². The van der Waals surface area contributed by atoms with E-state index in [9.17, 15) is 4.79 Å². The van der Waals surface area contributed by atoms with E-state index in [4.69, 9.17) is 12.2 Å². The monoisotopic (exact) mass is 326 g/mol. The molecule has 2 aromatic rings. The van der Waals surface area contributed by atoms with E-state index < -0.39 is 0 Å². The topological polar surface area (TPSA) is 32.3 Å². The Kier molecular flexibility index (Phi) is 3.38. The fourth-order valence-corrected chi connectivity index (χ4v) is 5.06. The van der Waals surface area contributed by atoms with Gasteiger partial charge in [-0.05, 0) is 18.2 Å². The average molecular weight is 326 g/mol. The molecule has 0 aliphatic carbocycles. The number of thiophene rings is 2. The maximum atomic E-state index is 11.6. The molecule has 3 nitrogen and oxygen atoms in total. The van der Waals surface area contributed by atoms with Crippen LogP contribution in [-0.2, 0) is 4.79 Å². The van der Waals surface area contributed by atoms with E-state index in [1.54, 1.807) is 22.7 Å². The van der Waals surface area contributed by atoms with Crippen LogP contribution < -0.4 is 10.2 Å². The normalized spacial score (nSPS) is 17.5. The molecule has 1 N–H and O–H groups in total. The molecule has 7 heteroatoms. The second kappa shape index (κ2) is 4.90. The van der Waals surface area contributed by atoms with Gasteiger partial charge in [-0.15, -0.1) is 22.7 Å². The highest BCUT2D eigenvalue weighted by Gasteiger charge is 2.22. The minimum Gasteiger partial charge on any atom is -0.370 e. The van der Waals surface area contributed by atoms with E-state index in [2.05, 4.69) is 22.3 Å². The molecule has 2 aromatic heterocycles. The molecule has 1 amide bonds. The molecule has 0 radical (unpaired) electrons. The van der Waals surface area contributed by atoms with Gasteiger partial charge in [0.2, 0.25) is 0 Å². The summed E-state index contributed by atoms with van der Waals surface area (Å²) in [6.07, 6.45) is 1.91. The lowest BCUT2D eigenvalue weighted by atomic mass is 10.4. The summed E-state index contributed by atoms with van der Waals surface area (Å²) >= 11 is 9.75. The van der Waals surface area contributed by atoms with Gasteiger partial charge in [0, 0.05) is 28.4 Å². The molecular weight excluding hydrogens is 316 g/mol. The molecule has 1 saturated heterocycles. The Morgan fingerprint density at radius 2 is 2.00 bits per heavy atom. The van der Waals surface area contributed by atoms with Gasteiger partial charge in [0.1, 0.15) is 4.32 Å². The molecule has 0 bridgehead atoms. The number of nitrogens with one attached hydrogen (secondary N) is 1. The van der Waals surface area contributed by atoms with Crippen molar-refractivity contribution in [3.05, 3.63) is 21.9 Å². The van der Waals surface area contributed by atoms with Crippen LogP contribution in [0.25, 0.3) is 15.5 Å². The molecule has 0 aromatic carbocycles. The van der Waals surface area contributed by atoms with Crippen LogP contribution in [-0.4, -0.2) is 24.3 Å². The van der Waals surface area contributed by atoms with Crippen LogP contribution in [0.5, 0.6) is 0 Å². The first-order valence-corrected chi connectivity index (χ1v) is 8.34. The minimum atomic E-state index is -0.0965. The van der Waals surface area contributed by atoms with Crippen molar-refractivity contribution >= 4 is 77.4 Å². The van der Waals surface area contributed by atoms with E-state index in [-0.39, 0.29) is 5.91 Å².